The van der Waals surface area contributed by atoms with Gasteiger partial charge in [-0.15, -0.1) is 0 Å². The Bertz CT molecular complexity index is 443. The van der Waals surface area contributed by atoms with E-state index in [1.807, 2.05) is 0 Å². The molecule has 0 heterocycles. The first-order chi connectivity index (χ1) is 9.39. The van der Waals surface area contributed by atoms with Crippen LogP contribution in [0.15, 0.2) is 11.6 Å². The van der Waals surface area contributed by atoms with Crippen molar-refractivity contribution in [3.8, 4) is 0 Å². The highest BCUT2D eigenvalue weighted by Crippen LogP contribution is 2.71. The molecule has 3 unspecified atom stereocenters. The third-order valence-electron chi connectivity index (χ3n) is 7.82. The van der Waals surface area contributed by atoms with Gasteiger partial charge in [0.25, 0.3) is 0 Å². The Hall–Kier alpha value is -0.260. The topological polar surface area (TPSA) is 0 Å². The van der Waals surface area contributed by atoms with Crippen molar-refractivity contribution >= 4 is 0 Å². The van der Waals surface area contributed by atoms with Gasteiger partial charge >= 0.3 is 0 Å². The monoisotopic (exact) mass is 272 g/mol. The highest BCUT2D eigenvalue weighted by molar-refractivity contribution is 5.22. The lowest BCUT2D eigenvalue weighted by atomic mass is 9.65. The smallest absolute Gasteiger partial charge is 0.0161 e. The number of rotatable bonds is 0. The second-order valence-electron chi connectivity index (χ2n) is 9.54. The van der Waals surface area contributed by atoms with Crippen molar-refractivity contribution in [2.75, 3.05) is 0 Å². The van der Waals surface area contributed by atoms with Crippen LogP contribution in [-0.2, 0) is 0 Å². The van der Waals surface area contributed by atoms with Crippen molar-refractivity contribution < 1.29 is 0 Å². The molecule has 0 saturated heterocycles. The molecule has 0 aromatic heterocycles. The molecule has 0 aromatic rings. The molecule has 3 fully saturated rings. The van der Waals surface area contributed by atoms with E-state index in [0.29, 0.717) is 5.41 Å². The van der Waals surface area contributed by atoms with Gasteiger partial charge in [0.05, 0.1) is 0 Å². The molecule has 0 radical (unpaired) electrons. The molecule has 0 aliphatic heterocycles. The highest BCUT2D eigenvalue weighted by Gasteiger charge is 2.66. The molecule has 0 bridgehead atoms. The van der Waals surface area contributed by atoms with Crippen LogP contribution in [0.1, 0.15) is 60.3 Å². The summed E-state index contributed by atoms with van der Waals surface area (Å²) < 4.78 is 0. The summed E-state index contributed by atoms with van der Waals surface area (Å²) in [5, 5.41) is 0. The Labute approximate surface area is 125 Å². The first-order valence-corrected chi connectivity index (χ1v) is 9.07. The molecule has 0 N–H and O–H groups in total. The van der Waals surface area contributed by atoms with Crippen molar-refractivity contribution in [2.24, 2.45) is 52.8 Å². The fourth-order valence-corrected chi connectivity index (χ4v) is 7.06. The molecule has 0 nitrogen and oxygen atoms in total. The highest BCUT2D eigenvalue weighted by atomic mass is 14.7. The average molecular weight is 272 g/mol. The molecule has 0 aromatic carbocycles. The van der Waals surface area contributed by atoms with Crippen molar-refractivity contribution in [3.63, 3.8) is 0 Å². The Kier molecular flexibility index (Phi) is 2.78. The van der Waals surface area contributed by atoms with Crippen molar-refractivity contribution in [1.82, 2.24) is 0 Å². The summed E-state index contributed by atoms with van der Waals surface area (Å²) in [6, 6.07) is 0. The third-order valence-corrected chi connectivity index (χ3v) is 7.82. The standard InChI is InChI=1S/C20H32/c1-11-6-14-7-12(2)9-16-18(15(14)8-11)13(3)10-17-19(16)20(17,4)5/h9,11,13-19H,6-8,10H2,1-5H3/t11?,13-,14-,15-,16-,17?,18?,19-/m1/s1. The van der Waals surface area contributed by atoms with E-state index in [1.165, 1.54) is 25.7 Å². The zero-order valence-corrected chi connectivity index (χ0v) is 14.0. The first-order valence-electron chi connectivity index (χ1n) is 9.07. The van der Waals surface area contributed by atoms with Crippen LogP contribution in [0.25, 0.3) is 0 Å². The van der Waals surface area contributed by atoms with E-state index in [0.717, 1.165) is 47.3 Å². The summed E-state index contributed by atoms with van der Waals surface area (Å²) in [4.78, 5) is 0. The van der Waals surface area contributed by atoms with Crippen LogP contribution >= 0.6 is 0 Å². The Morgan fingerprint density at radius 2 is 1.85 bits per heavy atom. The van der Waals surface area contributed by atoms with Crippen LogP contribution < -0.4 is 0 Å². The van der Waals surface area contributed by atoms with Crippen LogP contribution in [0.5, 0.6) is 0 Å². The van der Waals surface area contributed by atoms with E-state index in [9.17, 15) is 0 Å². The SMILES string of the molecule is CC1=C[C@@H]2C([C@H](C)CC3[C@@H]2C3(C)C)[C@@H]2CC(C)C[C@@H]2C1. The predicted octanol–water partition coefficient (Wildman–Crippen LogP) is 5.54. The molecule has 112 valence electrons. The van der Waals surface area contributed by atoms with Crippen molar-refractivity contribution in [3.05, 3.63) is 11.6 Å². The number of hydrogen-bond acceptors (Lipinski definition) is 0. The summed E-state index contributed by atoms with van der Waals surface area (Å²) >= 11 is 0. The quantitative estimate of drug-likeness (QED) is 0.508. The van der Waals surface area contributed by atoms with E-state index in [4.69, 9.17) is 0 Å². The normalized spacial score (nSPS) is 56.1. The fraction of sp³-hybridized carbons (Fsp3) is 0.900. The predicted molar refractivity (Wildman–Crippen MR) is 85.3 cm³/mol. The molecular formula is C20H32. The zero-order valence-electron chi connectivity index (χ0n) is 14.0. The third kappa shape index (κ3) is 1.72. The maximum absolute atomic E-state index is 2.75. The van der Waals surface area contributed by atoms with Gasteiger partial charge in [-0.05, 0) is 85.4 Å². The van der Waals surface area contributed by atoms with Gasteiger partial charge in [-0.2, -0.15) is 0 Å². The van der Waals surface area contributed by atoms with E-state index in [1.54, 1.807) is 5.57 Å². The van der Waals surface area contributed by atoms with E-state index < -0.39 is 0 Å². The molecular weight excluding hydrogens is 240 g/mol. The van der Waals surface area contributed by atoms with Gasteiger partial charge in [0.1, 0.15) is 0 Å². The second-order valence-corrected chi connectivity index (χ2v) is 9.54. The summed E-state index contributed by atoms with van der Waals surface area (Å²) in [6.07, 6.45) is 8.70. The van der Waals surface area contributed by atoms with Crippen LogP contribution in [0.2, 0.25) is 0 Å². The number of fused-ring (bicyclic) bond motifs is 5. The van der Waals surface area contributed by atoms with Crippen LogP contribution in [0.3, 0.4) is 0 Å². The van der Waals surface area contributed by atoms with Gasteiger partial charge in [0.2, 0.25) is 0 Å². The van der Waals surface area contributed by atoms with Crippen LogP contribution in [0, 0.1) is 52.8 Å². The van der Waals surface area contributed by atoms with Crippen LogP contribution in [0.4, 0.5) is 0 Å². The van der Waals surface area contributed by atoms with Crippen LogP contribution in [-0.4, -0.2) is 0 Å². The molecule has 4 aliphatic rings. The average Bonchev–Trinajstić information content (AvgIpc) is 2.73. The van der Waals surface area contributed by atoms with E-state index >= 15 is 0 Å². The summed E-state index contributed by atoms with van der Waals surface area (Å²) in [5.41, 5.74) is 2.35. The van der Waals surface area contributed by atoms with Crippen molar-refractivity contribution in [1.29, 1.82) is 0 Å². The fourth-order valence-electron chi connectivity index (χ4n) is 7.06. The zero-order chi connectivity index (χ0) is 14.2. The number of hydrogen-bond donors (Lipinski definition) is 0. The molecule has 20 heavy (non-hydrogen) atoms. The summed E-state index contributed by atoms with van der Waals surface area (Å²) in [7, 11) is 0. The molecule has 0 spiro atoms. The number of allylic oxidation sites excluding steroid dienone is 2. The second kappa shape index (κ2) is 4.14. The first kappa shape index (κ1) is 13.4. The largest absolute Gasteiger partial charge is 0.0819 e. The molecule has 4 rings (SSSR count). The lowest BCUT2D eigenvalue weighted by molar-refractivity contribution is 0.0994. The molecule has 0 amide bonds. The van der Waals surface area contributed by atoms with Gasteiger partial charge in [-0.25, -0.2) is 0 Å². The maximum atomic E-state index is 2.75. The minimum atomic E-state index is 0.633. The Morgan fingerprint density at radius 3 is 2.60 bits per heavy atom. The minimum Gasteiger partial charge on any atom is -0.0819 e. The van der Waals surface area contributed by atoms with Gasteiger partial charge in [0.15, 0.2) is 0 Å². The van der Waals surface area contributed by atoms with Gasteiger partial charge in [-0.3, -0.25) is 0 Å². The molecule has 3 saturated carbocycles. The Balaban J connectivity index is 1.72. The summed E-state index contributed by atoms with van der Waals surface area (Å²) in [5.74, 6) is 7.95. The van der Waals surface area contributed by atoms with E-state index in [2.05, 4.69) is 40.7 Å². The minimum absolute atomic E-state index is 0.633. The Morgan fingerprint density at radius 1 is 1.10 bits per heavy atom. The lowest BCUT2D eigenvalue weighted by Gasteiger charge is -2.40. The maximum Gasteiger partial charge on any atom is -0.0161 e. The summed E-state index contributed by atoms with van der Waals surface area (Å²) in [6.45, 7) is 12.6. The van der Waals surface area contributed by atoms with Crippen molar-refractivity contribution in [2.45, 2.75) is 60.3 Å². The van der Waals surface area contributed by atoms with E-state index in [-0.39, 0.29) is 0 Å². The molecule has 8 atom stereocenters. The van der Waals surface area contributed by atoms with Gasteiger partial charge < -0.3 is 0 Å². The molecule has 0 heteroatoms. The lowest BCUT2D eigenvalue weighted by Crippen LogP contribution is -2.34. The van der Waals surface area contributed by atoms with Gasteiger partial charge in [0, 0.05) is 0 Å². The molecule has 4 aliphatic carbocycles. The van der Waals surface area contributed by atoms with Gasteiger partial charge in [-0.1, -0.05) is 39.3 Å².